The predicted molar refractivity (Wildman–Crippen MR) is 74.0 cm³/mol. The molecule has 0 amide bonds. The molecule has 0 saturated carbocycles. The van der Waals surface area contributed by atoms with Crippen LogP contribution in [0.3, 0.4) is 0 Å². The number of hydrogen-bond donors (Lipinski definition) is 1. The number of allylic oxidation sites excluding steroid dienone is 2. The van der Waals surface area contributed by atoms with E-state index < -0.39 is 0 Å². The molecule has 1 atom stereocenters. The quantitative estimate of drug-likeness (QED) is 0.467. The monoisotopic (exact) mass is 240 g/mol. The minimum atomic E-state index is 0.292. The standard InChI is InChI=1S/C15H28O2/c1-4-5-11-17-12-7-9-15(8-6-10-16)13-14(2)3/h4-5,7,9,14-16H,6,8,10-13H2,1-3H3/b5-4+,9-7+/t15-/m0/s1. The third-order valence-electron chi connectivity index (χ3n) is 2.58. The molecule has 0 aromatic rings. The lowest BCUT2D eigenvalue weighted by atomic mass is 9.92. The van der Waals surface area contributed by atoms with Crippen LogP contribution in [-0.2, 0) is 4.74 Å². The Morgan fingerprint density at radius 1 is 1.18 bits per heavy atom. The van der Waals surface area contributed by atoms with Crippen molar-refractivity contribution < 1.29 is 9.84 Å². The maximum absolute atomic E-state index is 8.86. The van der Waals surface area contributed by atoms with Gasteiger partial charge >= 0.3 is 0 Å². The van der Waals surface area contributed by atoms with Crippen LogP contribution in [0.2, 0.25) is 0 Å². The molecule has 17 heavy (non-hydrogen) atoms. The molecule has 2 heteroatoms. The van der Waals surface area contributed by atoms with Gasteiger partial charge in [-0.05, 0) is 38.0 Å². The molecule has 0 unspecified atom stereocenters. The lowest BCUT2D eigenvalue weighted by molar-refractivity contribution is 0.193. The van der Waals surface area contributed by atoms with E-state index in [-0.39, 0.29) is 0 Å². The van der Waals surface area contributed by atoms with Gasteiger partial charge in [0.1, 0.15) is 0 Å². The second-order valence-corrected chi connectivity index (χ2v) is 4.79. The molecule has 0 fully saturated rings. The molecule has 0 heterocycles. The molecule has 100 valence electrons. The van der Waals surface area contributed by atoms with Gasteiger partial charge in [-0.25, -0.2) is 0 Å². The minimum Gasteiger partial charge on any atom is -0.396 e. The Morgan fingerprint density at radius 2 is 1.88 bits per heavy atom. The summed E-state index contributed by atoms with van der Waals surface area (Å²) in [4.78, 5) is 0. The molecule has 0 aliphatic heterocycles. The first-order valence-electron chi connectivity index (χ1n) is 6.67. The largest absolute Gasteiger partial charge is 0.396 e. The van der Waals surface area contributed by atoms with Crippen molar-refractivity contribution in [3.05, 3.63) is 24.3 Å². The third kappa shape index (κ3) is 11.7. The molecule has 0 aliphatic rings. The Bertz CT molecular complexity index is 207. The van der Waals surface area contributed by atoms with Gasteiger partial charge in [-0.2, -0.15) is 0 Å². The van der Waals surface area contributed by atoms with E-state index in [1.54, 1.807) is 0 Å². The van der Waals surface area contributed by atoms with Crippen molar-refractivity contribution in [3.8, 4) is 0 Å². The molecule has 0 rings (SSSR count). The van der Waals surface area contributed by atoms with E-state index in [0.29, 0.717) is 31.7 Å². The van der Waals surface area contributed by atoms with Crippen LogP contribution < -0.4 is 0 Å². The van der Waals surface area contributed by atoms with E-state index in [1.165, 1.54) is 6.42 Å². The van der Waals surface area contributed by atoms with Crippen LogP contribution in [-0.4, -0.2) is 24.9 Å². The van der Waals surface area contributed by atoms with Crippen molar-refractivity contribution in [2.75, 3.05) is 19.8 Å². The molecule has 0 radical (unpaired) electrons. The lowest BCUT2D eigenvalue weighted by Gasteiger charge is -2.14. The van der Waals surface area contributed by atoms with Crippen molar-refractivity contribution in [2.24, 2.45) is 11.8 Å². The predicted octanol–water partition coefficient (Wildman–Crippen LogP) is 3.57. The topological polar surface area (TPSA) is 29.5 Å². The van der Waals surface area contributed by atoms with Crippen LogP contribution in [0.15, 0.2) is 24.3 Å². The Labute approximate surface area is 106 Å². The summed E-state index contributed by atoms with van der Waals surface area (Å²) in [5.74, 6) is 1.28. The summed E-state index contributed by atoms with van der Waals surface area (Å²) in [5.41, 5.74) is 0. The van der Waals surface area contributed by atoms with Gasteiger partial charge in [-0.15, -0.1) is 0 Å². The molecule has 1 N–H and O–H groups in total. The third-order valence-corrected chi connectivity index (χ3v) is 2.58. The summed E-state index contributed by atoms with van der Waals surface area (Å²) < 4.78 is 5.41. The van der Waals surface area contributed by atoms with Crippen LogP contribution in [0.5, 0.6) is 0 Å². The number of hydrogen-bond acceptors (Lipinski definition) is 2. The fraction of sp³-hybridized carbons (Fsp3) is 0.733. The van der Waals surface area contributed by atoms with E-state index >= 15 is 0 Å². The second kappa shape index (κ2) is 11.9. The molecule has 2 nitrogen and oxygen atoms in total. The molecule has 0 aromatic heterocycles. The van der Waals surface area contributed by atoms with Crippen molar-refractivity contribution in [1.29, 1.82) is 0 Å². The number of aliphatic hydroxyl groups is 1. The van der Waals surface area contributed by atoms with Crippen LogP contribution >= 0.6 is 0 Å². The highest BCUT2D eigenvalue weighted by atomic mass is 16.5. The van der Waals surface area contributed by atoms with Gasteiger partial charge < -0.3 is 9.84 Å². The Morgan fingerprint density at radius 3 is 2.47 bits per heavy atom. The van der Waals surface area contributed by atoms with Gasteiger partial charge in [-0.3, -0.25) is 0 Å². The van der Waals surface area contributed by atoms with E-state index in [2.05, 4.69) is 26.0 Å². The SMILES string of the molecule is C/C=C/COC/C=C/[C@H](CCCO)CC(C)C. The maximum atomic E-state index is 8.86. The number of ether oxygens (including phenoxy) is 1. The van der Waals surface area contributed by atoms with Crippen molar-refractivity contribution in [2.45, 2.75) is 40.0 Å². The molecule has 0 saturated heterocycles. The highest BCUT2D eigenvalue weighted by Crippen LogP contribution is 2.18. The molecular formula is C15H28O2. The molecule has 0 spiro atoms. The Hall–Kier alpha value is -0.600. The summed E-state index contributed by atoms with van der Waals surface area (Å²) >= 11 is 0. The summed E-state index contributed by atoms with van der Waals surface area (Å²) in [6, 6.07) is 0. The average molecular weight is 240 g/mol. The summed E-state index contributed by atoms with van der Waals surface area (Å²) in [6.07, 6.45) is 11.5. The second-order valence-electron chi connectivity index (χ2n) is 4.79. The van der Waals surface area contributed by atoms with E-state index in [1.807, 2.05) is 19.1 Å². The molecule has 0 bridgehead atoms. The van der Waals surface area contributed by atoms with Crippen LogP contribution in [0, 0.1) is 11.8 Å². The van der Waals surface area contributed by atoms with Crippen LogP contribution in [0.4, 0.5) is 0 Å². The van der Waals surface area contributed by atoms with Crippen LogP contribution in [0.25, 0.3) is 0 Å². The van der Waals surface area contributed by atoms with Gasteiger partial charge in [0.15, 0.2) is 0 Å². The van der Waals surface area contributed by atoms with Crippen molar-refractivity contribution in [3.63, 3.8) is 0 Å². The van der Waals surface area contributed by atoms with Gasteiger partial charge in [0, 0.05) is 6.61 Å². The van der Waals surface area contributed by atoms with Crippen molar-refractivity contribution >= 4 is 0 Å². The summed E-state index contributed by atoms with van der Waals surface area (Å²) in [6.45, 7) is 8.13. The van der Waals surface area contributed by atoms with Gasteiger partial charge in [0.05, 0.1) is 13.2 Å². The first kappa shape index (κ1) is 16.4. The van der Waals surface area contributed by atoms with Gasteiger partial charge in [-0.1, -0.05) is 38.2 Å². The van der Waals surface area contributed by atoms with E-state index in [9.17, 15) is 0 Å². The minimum absolute atomic E-state index is 0.292. The number of rotatable bonds is 10. The zero-order valence-electron chi connectivity index (χ0n) is 11.6. The zero-order valence-corrected chi connectivity index (χ0v) is 11.6. The fourth-order valence-electron chi connectivity index (χ4n) is 1.80. The number of aliphatic hydroxyl groups excluding tert-OH is 1. The summed E-state index contributed by atoms with van der Waals surface area (Å²) in [7, 11) is 0. The first-order valence-corrected chi connectivity index (χ1v) is 6.67. The Balaban J connectivity index is 3.82. The highest BCUT2D eigenvalue weighted by Gasteiger charge is 2.06. The molecule has 0 aliphatic carbocycles. The highest BCUT2D eigenvalue weighted by molar-refractivity contribution is 4.89. The van der Waals surface area contributed by atoms with E-state index in [4.69, 9.17) is 9.84 Å². The normalized spacial score (nSPS) is 14.2. The Kier molecular flexibility index (Phi) is 11.5. The van der Waals surface area contributed by atoms with Crippen LogP contribution in [0.1, 0.15) is 40.0 Å². The molecule has 0 aromatic carbocycles. The van der Waals surface area contributed by atoms with E-state index in [0.717, 1.165) is 12.8 Å². The molecular weight excluding hydrogens is 212 g/mol. The van der Waals surface area contributed by atoms with Crippen molar-refractivity contribution in [1.82, 2.24) is 0 Å². The summed E-state index contributed by atoms with van der Waals surface area (Å²) in [5, 5.41) is 8.86. The maximum Gasteiger partial charge on any atom is 0.0651 e. The van der Waals surface area contributed by atoms with Gasteiger partial charge in [0.25, 0.3) is 0 Å². The smallest absolute Gasteiger partial charge is 0.0651 e. The fourth-order valence-corrected chi connectivity index (χ4v) is 1.80. The van der Waals surface area contributed by atoms with Gasteiger partial charge in [0.2, 0.25) is 0 Å². The first-order chi connectivity index (χ1) is 8.20. The lowest BCUT2D eigenvalue weighted by Crippen LogP contribution is -2.03. The average Bonchev–Trinajstić information content (AvgIpc) is 2.29. The zero-order chi connectivity index (χ0) is 12.9.